The summed E-state index contributed by atoms with van der Waals surface area (Å²) in [6, 6.07) is 6.78. The first-order valence-corrected chi connectivity index (χ1v) is 9.02. The highest BCUT2D eigenvalue weighted by atomic mass is 32.1. The van der Waals surface area contributed by atoms with E-state index in [-0.39, 0.29) is 5.69 Å². The molecule has 1 unspecified atom stereocenters. The molecular formula is C18H22N2O4S. The fourth-order valence-electron chi connectivity index (χ4n) is 2.31. The monoisotopic (exact) mass is 362 g/mol. The molecule has 134 valence electrons. The lowest BCUT2D eigenvalue weighted by Crippen LogP contribution is -2.40. The molecule has 2 aromatic rings. The second kappa shape index (κ2) is 9.17. The van der Waals surface area contributed by atoms with E-state index >= 15 is 0 Å². The number of amides is 1. The summed E-state index contributed by atoms with van der Waals surface area (Å²) in [5, 5.41) is 14.2. The number of hydrogen-bond donors (Lipinski definition) is 2. The summed E-state index contributed by atoms with van der Waals surface area (Å²) >= 11 is 1.39. The molecule has 1 atom stereocenters. The predicted molar refractivity (Wildman–Crippen MR) is 96.3 cm³/mol. The van der Waals surface area contributed by atoms with E-state index in [1.165, 1.54) is 11.3 Å². The van der Waals surface area contributed by atoms with Crippen molar-refractivity contribution in [1.82, 2.24) is 10.3 Å². The number of unbranched alkanes of at least 4 members (excludes halogenated alkanes) is 1. The van der Waals surface area contributed by atoms with E-state index in [0.717, 1.165) is 29.2 Å². The standard InChI is InChI=1S/C18H22N2O4S/c1-3-4-5-14(18(22)23)20-17(21)15-11-25-16(19-15)10-12-6-8-13(24-2)9-7-12/h6-9,11,14H,3-5,10H2,1-2H3,(H,20,21)(H,22,23). The van der Waals surface area contributed by atoms with Gasteiger partial charge < -0.3 is 15.2 Å². The number of nitrogens with zero attached hydrogens (tertiary/aromatic N) is 1. The minimum atomic E-state index is -1.02. The van der Waals surface area contributed by atoms with E-state index in [9.17, 15) is 14.7 Å². The molecule has 6 nitrogen and oxygen atoms in total. The van der Waals surface area contributed by atoms with Crippen LogP contribution in [0.15, 0.2) is 29.6 Å². The smallest absolute Gasteiger partial charge is 0.326 e. The molecule has 1 aromatic heterocycles. The number of aromatic nitrogens is 1. The molecule has 0 aliphatic heterocycles. The van der Waals surface area contributed by atoms with Gasteiger partial charge >= 0.3 is 5.97 Å². The lowest BCUT2D eigenvalue weighted by Gasteiger charge is -2.12. The third kappa shape index (κ3) is 5.56. The number of carboxylic acids is 1. The number of aliphatic carboxylic acids is 1. The van der Waals surface area contributed by atoms with Crippen LogP contribution in [-0.4, -0.2) is 35.1 Å². The van der Waals surface area contributed by atoms with Gasteiger partial charge in [0.25, 0.3) is 5.91 Å². The van der Waals surface area contributed by atoms with Gasteiger partial charge in [-0.1, -0.05) is 31.9 Å². The van der Waals surface area contributed by atoms with Gasteiger partial charge in [-0.3, -0.25) is 4.79 Å². The highest BCUT2D eigenvalue weighted by Gasteiger charge is 2.21. The molecule has 0 saturated carbocycles. The third-order valence-corrected chi connectivity index (χ3v) is 4.60. The van der Waals surface area contributed by atoms with Gasteiger partial charge in [-0.05, 0) is 24.1 Å². The normalized spacial score (nSPS) is 11.8. The largest absolute Gasteiger partial charge is 0.497 e. The molecule has 0 saturated heterocycles. The minimum absolute atomic E-state index is 0.260. The van der Waals surface area contributed by atoms with Crippen molar-refractivity contribution in [2.75, 3.05) is 7.11 Å². The van der Waals surface area contributed by atoms with Crippen molar-refractivity contribution in [2.45, 2.75) is 38.6 Å². The molecule has 2 N–H and O–H groups in total. The minimum Gasteiger partial charge on any atom is -0.497 e. The summed E-state index contributed by atoms with van der Waals surface area (Å²) in [4.78, 5) is 27.8. The average molecular weight is 362 g/mol. The SMILES string of the molecule is CCCCC(NC(=O)c1csc(Cc2ccc(OC)cc2)n1)C(=O)O. The van der Waals surface area contributed by atoms with Crippen molar-refractivity contribution in [3.05, 3.63) is 45.9 Å². The maximum Gasteiger partial charge on any atom is 0.326 e. The Kier molecular flexibility index (Phi) is 6.94. The molecule has 0 bridgehead atoms. The van der Waals surface area contributed by atoms with Crippen molar-refractivity contribution >= 4 is 23.2 Å². The summed E-state index contributed by atoms with van der Waals surface area (Å²) in [6.45, 7) is 1.98. The van der Waals surface area contributed by atoms with Crippen LogP contribution in [0, 0.1) is 0 Å². The zero-order valence-electron chi connectivity index (χ0n) is 14.3. The zero-order chi connectivity index (χ0) is 18.2. The first-order chi connectivity index (χ1) is 12.0. The van der Waals surface area contributed by atoms with Gasteiger partial charge in [0.15, 0.2) is 0 Å². The van der Waals surface area contributed by atoms with Gasteiger partial charge in [0.1, 0.15) is 17.5 Å². The summed E-state index contributed by atoms with van der Waals surface area (Å²) in [5.41, 5.74) is 1.32. The number of rotatable bonds is 9. The third-order valence-electron chi connectivity index (χ3n) is 3.75. The molecule has 1 amide bonds. The van der Waals surface area contributed by atoms with E-state index in [1.54, 1.807) is 12.5 Å². The van der Waals surface area contributed by atoms with E-state index in [0.29, 0.717) is 12.8 Å². The van der Waals surface area contributed by atoms with Crippen LogP contribution in [0.4, 0.5) is 0 Å². The highest BCUT2D eigenvalue weighted by molar-refractivity contribution is 7.09. The number of benzene rings is 1. The number of ether oxygens (including phenoxy) is 1. The molecule has 0 radical (unpaired) electrons. The van der Waals surface area contributed by atoms with Gasteiger partial charge in [-0.2, -0.15) is 0 Å². The Balaban J connectivity index is 1.98. The summed E-state index contributed by atoms with van der Waals surface area (Å²) in [5.74, 6) is -0.675. The van der Waals surface area contributed by atoms with Crippen molar-refractivity contribution in [3.8, 4) is 5.75 Å². The summed E-state index contributed by atoms with van der Waals surface area (Å²) in [6.07, 6.45) is 2.65. The highest BCUT2D eigenvalue weighted by Crippen LogP contribution is 2.18. The van der Waals surface area contributed by atoms with Crippen molar-refractivity contribution in [2.24, 2.45) is 0 Å². The molecular weight excluding hydrogens is 340 g/mol. The van der Waals surface area contributed by atoms with Crippen molar-refractivity contribution in [3.63, 3.8) is 0 Å². The topological polar surface area (TPSA) is 88.5 Å². The number of hydrogen-bond acceptors (Lipinski definition) is 5. The number of thiazole rings is 1. The molecule has 0 fully saturated rings. The second-order valence-corrected chi connectivity index (χ2v) is 6.60. The fourth-order valence-corrected chi connectivity index (χ4v) is 3.12. The second-order valence-electron chi connectivity index (χ2n) is 5.66. The van der Waals surface area contributed by atoms with Crippen LogP contribution in [0.2, 0.25) is 0 Å². The first-order valence-electron chi connectivity index (χ1n) is 8.14. The summed E-state index contributed by atoms with van der Waals surface area (Å²) < 4.78 is 5.13. The lowest BCUT2D eigenvalue weighted by molar-refractivity contribution is -0.139. The number of carboxylic acid groups (broad SMARTS) is 1. The Bertz CT molecular complexity index is 712. The Morgan fingerprint density at radius 3 is 2.64 bits per heavy atom. The molecule has 0 aliphatic carbocycles. The predicted octanol–water partition coefficient (Wildman–Crippen LogP) is 3.12. The van der Waals surface area contributed by atoms with Crippen molar-refractivity contribution in [1.29, 1.82) is 0 Å². The summed E-state index contributed by atoms with van der Waals surface area (Å²) in [7, 11) is 1.62. The molecule has 7 heteroatoms. The van der Waals surface area contributed by atoms with Crippen LogP contribution < -0.4 is 10.1 Å². The number of methoxy groups -OCH3 is 1. The molecule has 0 spiro atoms. The Labute approximate surface area is 150 Å². The zero-order valence-corrected chi connectivity index (χ0v) is 15.1. The van der Waals surface area contributed by atoms with Gasteiger partial charge in [-0.15, -0.1) is 11.3 Å². The molecule has 1 heterocycles. The molecule has 2 rings (SSSR count). The van der Waals surface area contributed by atoms with Crippen molar-refractivity contribution < 1.29 is 19.4 Å². The number of nitrogens with one attached hydrogen (secondary N) is 1. The van der Waals surface area contributed by atoms with Crippen LogP contribution in [0.25, 0.3) is 0 Å². The van der Waals surface area contributed by atoms with Crippen LogP contribution in [-0.2, 0) is 11.2 Å². The van der Waals surface area contributed by atoms with E-state index in [1.807, 2.05) is 31.2 Å². The Hall–Kier alpha value is -2.41. The fraction of sp³-hybridized carbons (Fsp3) is 0.389. The maximum absolute atomic E-state index is 12.2. The van der Waals surface area contributed by atoms with Crippen LogP contribution >= 0.6 is 11.3 Å². The molecule has 1 aromatic carbocycles. The molecule has 25 heavy (non-hydrogen) atoms. The number of carbonyl (C=O) groups excluding carboxylic acids is 1. The van der Waals surface area contributed by atoms with Crippen LogP contribution in [0.1, 0.15) is 47.2 Å². The first kappa shape index (κ1) is 18.9. The van der Waals surface area contributed by atoms with E-state index in [2.05, 4.69) is 10.3 Å². The van der Waals surface area contributed by atoms with E-state index < -0.39 is 17.9 Å². The van der Waals surface area contributed by atoms with E-state index in [4.69, 9.17) is 4.74 Å². The lowest BCUT2D eigenvalue weighted by atomic mass is 10.1. The van der Waals surface area contributed by atoms with Crippen LogP contribution in [0.5, 0.6) is 5.75 Å². The van der Waals surface area contributed by atoms with Crippen LogP contribution in [0.3, 0.4) is 0 Å². The maximum atomic E-state index is 12.2. The van der Waals surface area contributed by atoms with Gasteiger partial charge in [0.2, 0.25) is 0 Å². The Morgan fingerprint density at radius 1 is 1.32 bits per heavy atom. The number of carbonyl (C=O) groups is 2. The molecule has 0 aliphatic rings. The van der Waals surface area contributed by atoms with Gasteiger partial charge in [0.05, 0.1) is 12.1 Å². The van der Waals surface area contributed by atoms with Gasteiger partial charge in [0, 0.05) is 11.8 Å². The quantitative estimate of drug-likeness (QED) is 0.715. The van der Waals surface area contributed by atoms with Gasteiger partial charge in [-0.25, -0.2) is 9.78 Å². The average Bonchev–Trinajstić information content (AvgIpc) is 3.07. The Morgan fingerprint density at radius 2 is 2.04 bits per heavy atom.